The lowest BCUT2D eigenvalue weighted by atomic mass is 9.84. The van der Waals surface area contributed by atoms with Crippen molar-refractivity contribution < 1.29 is 14.2 Å². The minimum atomic E-state index is -0.306. The van der Waals surface area contributed by atoms with E-state index in [1.807, 2.05) is 59.3 Å². The number of methoxy groups -OCH3 is 2. The van der Waals surface area contributed by atoms with Gasteiger partial charge in [-0.2, -0.15) is 10.1 Å². The summed E-state index contributed by atoms with van der Waals surface area (Å²) in [7, 11) is 3.28. The summed E-state index contributed by atoms with van der Waals surface area (Å²) in [5.41, 5.74) is 5.11. The first-order chi connectivity index (χ1) is 16.3. The smallest absolute Gasteiger partial charge is 0.226 e. The molecule has 164 valence electrons. The van der Waals surface area contributed by atoms with E-state index >= 15 is 0 Å². The monoisotopic (exact) mass is 438 g/mol. The van der Waals surface area contributed by atoms with Crippen LogP contribution in [0.2, 0.25) is 0 Å². The van der Waals surface area contributed by atoms with Crippen molar-refractivity contribution in [2.45, 2.75) is 12.1 Å². The third kappa shape index (κ3) is 3.04. The zero-order chi connectivity index (χ0) is 22.4. The molecule has 0 fully saturated rings. The molecule has 1 N–H and O–H groups in total. The molecular weight excluding hydrogens is 416 g/mol. The molecule has 0 radical (unpaired) electrons. The van der Waals surface area contributed by atoms with Crippen molar-refractivity contribution in [3.63, 3.8) is 0 Å². The largest absolute Gasteiger partial charge is 0.493 e. The number of nitrogens with one attached hydrogen (secondary N) is 1. The van der Waals surface area contributed by atoms with E-state index in [0.717, 1.165) is 33.7 Å². The molecule has 3 heterocycles. The highest BCUT2D eigenvalue weighted by Gasteiger charge is 2.41. The Morgan fingerprint density at radius 3 is 2.48 bits per heavy atom. The number of benzene rings is 3. The third-order valence-electron chi connectivity index (χ3n) is 6.15. The lowest BCUT2D eigenvalue weighted by Gasteiger charge is -2.39. The van der Waals surface area contributed by atoms with E-state index in [1.165, 1.54) is 0 Å². The molecule has 0 aliphatic carbocycles. The average Bonchev–Trinajstić information content (AvgIpc) is 3.35. The van der Waals surface area contributed by atoms with Crippen LogP contribution in [-0.4, -0.2) is 29.0 Å². The Kier molecular flexibility index (Phi) is 4.54. The lowest BCUT2D eigenvalue weighted by molar-refractivity contribution is 0.223. The maximum atomic E-state index is 6.62. The van der Waals surface area contributed by atoms with Gasteiger partial charge in [0.25, 0.3) is 0 Å². The van der Waals surface area contributed by atoms with Gasteiger partial charge in [0.15, 0.2) is 11.5 Å². The van der Waals surface area contributed by atoms with Crippen LogP contribution in [0, 0.1) is 0 Å². The van der Waals surface area contributed by atoms with E-state index in [4.69, 9.17) is 14.2 Å². The van der Waals surface area contributed by atoms with E-state index in [1.54, 1.807) is 20.5 Å². The second-order valence-electron chi connectivity index (χ2n) is 7.91. The zero-order valence-electron chi connectivity index (χ0n) is 18.2. The van der Waals surface area contributed by atoms with Crippen molar-refractivity contribution in [3.8, 4) is 17.2 Å². The highest BCUT2D eigenvalue weighted by molar-refractivity contribution is 5.85. The predicted molar refractivity (Wildman–Crippen MR) is 125 cm³/mol. The van der Waals surface area contributed by atoms with Crippen molar-refractivity contribution in [2.24, 2.45) is 0 Å². The molecule has 4 aromatic rings. The second kappa shape index (κ2) is 7.70. The standard InChI is InChI=1S/C26H22N4O3/c1-31-20-13-12-17(14-21(20)32-2)24-22-23(29-26-27-15-28-30(24)26)18-10-6-7-11-19(18)33-25(22)16-8-4-3-5-9-16/h3-15,24-25H,1-2H3,(H,27,28,29). The number of hydrogen-bond acceptors (Lipinski definition) is 6. The number of hydrogen-bond donors (Lipinski definition) is 1. The molecule has 33 heavy (non-hydrogen) atoms. The van der Waals surface area contributed by atoms with Gasteiger partial charge in [-0.1, -0.05) is 48.5 Å². The van der Waals surface area contributed by atoms with Crippen LogP contribution in [0.4, 0.5) is 5.95 Å². The van der Waals surface area contributed by atoms with Crippen LogP contribution >= 0.6 is 0 Å². The SMILES string of the molecule is COc1ccc(C2C3=C(Nc4ncnn42)c2ccccc2OC3c2ccccc2)cc1OC. The molecule has 2 unspecified atom stereocenters. The summed E-state index contributed by atoms with van der Waals surface area (Å²) in [6.45, 7) is 0. The van der Waals surface area contributed by atoms with E-state index in [-0.39, 0.29) is 12.1 Å². The molecule has 7 nitrogen and oxygen atoms in total. The number of fused-ring (bicyclic) bond motifs is 3. The highest BCUT2D eigenvalue weighted by atomic mass is 16.5. The van der Waals surface area contributed by atoms with Crippen LogP contribution in [0.15, 0.2) is 84.7 Å². The number of nitrogens with zero attached hydrogens (tertiary/aromatic N) is 3. The molecule has 0 spiro atoms. The summed E-state index contributed by atoms with van der Waals surface area (Å²) in [6.07, 6.45) is 1.26. The van der Waals surface area contributed by atoms with Crippen molar-refractivity contribution in [3.05, 3.63) is 101 Å². The van der Waals surface area contributed by atoms with E-state index in [9.17, 15) is 0 Å². The number of aromatic nitrogens is 3. The van der Waals surface area contributed by atoms with Gasteiger partial charge in [0.1, 0.15) is 24.2 Å². The molecule has 6 rings (SSSR count). The van der Waals surface area contributed by atoms with Crippen molar-refractivity contribution in [2.75, 3.05) is 19.5 Å². The Morgan fingerprint density at radius 1 is 0.879 bits per heavy atom. The lowest BCUT2D eigenvalue weighted by Crippen LogP contribution is -2.32. The summed E-state index contributed by atoms with van der Waals surface area (Å²) in [4.78, 5) is 4.48. The van der Waals surface area contributed by atoms with E-state index < -0.39 is 0 Å². The molecule has 2 aliphatic rings. The second-order valence-corrected chi connectivity index (χ2v) is 7.91. The fraction of sp³-hybridized carbons (Fsp3) is 0.154. The normalized spacial score (nSPS) is 18.4. The fourth-order valence-electron chi connectivity index (χ4n) is 4.66. The molecule has 0 saturated carbocycles. The average molecular weight is 438 g/mol. The van der Waals surface area contributed by atoms with Crippen LogP contribution in [0.1, 0.15) is 28.8 Å². The minimum absolute atomic E-state index is 0.253. The van der Waals surface area contributed by atoms with Crippen molar-refractivity contribution in [1.29, 1.82) is 0 Å². The summed E-state index contributed by atoms with van der Waals surface area (Å²) >= 11 is 0. The first-order valence-electron chi connectivity index (χ1n) is 10.7. The molecule has 2 aliphatic heterocycles. The Bertz CT molecular complexity index is 1360. The van der Waals surface area contributed by atoms with Gasteiger partial charge in [-0.25, -0.2) is 4.68 Å². The predicted octanol–water partition coefficient (Wildman–Crippen LogP) is 4.86. The quantitative estimate of drug-likeness (QED) is 0.491. The molecule has 0 amide bonds. The van der Waals surface area contributed by atoms with Crippen LogP contribution in [0.3, 0.4) is 0 Å². The van der Waals surface area contributed by atoms with Crippen LogP contribution in [-0.2, 0) is 0 Å². The maximum Gasteiger partial charge on any atom is 0.226 e. The zero-order valence-corrected chi connectivity index (χ0v) is 18.2. The molecule has 3 aromatic carbocycles. The molecule has 2 atom stereocenters. The number of ether oxygens (including phenoxy) is 3. The van der Waals surface area contributed by atoms with Gasteiger partial charge < -0.3 is 19.5 Å². The van der Waals surface area contributed by atoms with Gasteiger partial charge in [0, 0.05) is 11.1 Å². The summed E-state index contributed by atoms with van der Waals surface area (Å²) < 4.78 is 19.6. The Morgan fingerprint density at radius 2 is 1.67 bits per heavy atom. The van der Waals surface area contributed by atoms with Crippen LogP contribution < -0.4 is 19.5 Å². The molecule has 0 saturated heterocycles. The van der Waals surface area contributed by atoms with Gasteiger partial charge in [0.2, 0.25) is 5.95 Å². The minimum Gasteiger partial charge on any atom is -0.493 e. The van der Waals surface area contributed by atoms with Crippen LogP contribution in [0.25, 0.3) is 5.70 Å². The van der Waals surface area contributed by atoms with Crippen molar-refractivity contribution in [1.82, 2.24) is 14.8 Å². The number of rotatable bonds is 4. The van der Waals surface area contributed by atoms with Gasteiger partial charge >= 0.3 is 0 Å². The van der Waals surface area contributed by atoms with Crippen molar-refractivity contribution >= 4 is 11.6 Å². The Balaban J connectivity index is 1.62. The molecule has 0 bridgehead atoms. The summed E-state index contributed by atoms with van der Waals surface area (Å²) in [6, 6.07) is 24.0. The van der Waals surface area contributed by atoms with Gasteiger partial charge in [0.05, 0.1) is 19.9 Å². The summed E-state index contributed by atoms with van der Waals surface area (Å²) in [5, 5.41) is 8.09. The molecule has 7 heteroatoms. The first kappa shape index (κ1) is 19.4. The van der Waals surface area contributed by atoms with Gasteiger partial charge in [-0.15, -0.1) is 0 Å². The third-order valence-corrected chi connectivity index (χ3v) is 6.15. The number of anilines is 1. The van der Waals surface area contributed by atoms with Gasteiger partial charge in [-0.3, -0.25) is 0 Å². The molecule has 1 aromatic heterocycles. The highest BCUT2D eigenvalue weighted by Crippen LogP contribution is 2.51. The Labute approximate surface area is 191 Å². The van der Waals surface area contributed by atoms with E-state index in [2.05, 4.69) is 33.6 Å². The first-order valence-corrected chi connectivity index (χ1v) is 10.7. The maximum absolute atomic E-state index is 6.62. The topological polar surface area (TPSA) is 70.4 Å². The van der Waals surface area contributed by atoms with Gasteiger partial charge in [-0.05, 0) is 35.4 Å². The number of para-hydroxylation sites is 1. The fourth-order valence-corrected chi connectivity index (χ4v) is 4.66. The van der Waals surface area contributed by atoms with Crippen LogP contribution in [0.5, 0.6) is 17.2 Å². The Hall–Kier alpha value is -4.26. The summed E-state index contributed by atoms with van der Waals surface area (Å²) in [5.74, 6) is 2.84. The van der Waals surface area contributed by atoms with E-state index in [0.29, 0.717) is 17.4 Å². The molecular formula is C26H22N4O3.